The second kappa shape index (κ2) is 11.2. The third-order valence-corrected chi connectivity index (χ3v) is 6.92. The van der Waals surface area contributed by atoms with Gasteiger partial charge in [0, 0.05) is 24.5 Å². The smallest absolute Gasteiger partial charge is 0.243 e. The first-order chi connectivity index (χ1) is 15.1. The van der Waals surface area contributed by atoms with Gasteiger partial charge in [0.25, 0.3) is 0 Å². The fraction of sp³-hybridized carbons (Fsp3) is 0.364. The summed E-state index contributed by atoms with van der Waals surface area (Å²) in [5.74, 6) is -1.26. The molecule has 2 aromatic rings. The second-order valence-electron chi connectivity index (χ2n) is 7.35. The van der Waals surface area contributed by atoms with E-state index >= 15 is 0 Å². The maximum Gasteiger partial charge on any atom is 0.243 e. The molecule has 0 radical (unpaired) electrons. The van der Waals surface area contributed by atoms with E-state index in [9.17, 15) is 22.4 Å². The lowest BCUT2D eigenvalue weighted by molar-refractivity contribution is -0.119. The number of sulfonamides is 1. The van der Waals surface area contributed by atoms with Crippen LogP contribution in [-0.4, -0.2) is 62.7 Å². The molecule has 0 aliphatic rings. The maximum absolute atomic E-state index is 13.2. The van der Waals surface area contributed by atoms with Crippen LogP contribution in [0, 0.1) is 12.7 Å². The molecule has 0 fully saturated rings. The number of nitrogens with one attached hydrogen (secondary N) is 2. The van der Waals surface area contributed by atoms with E-state index in [4.69, 9.17) is 0 Å². The molecule has 0 saturated carbocycles. The minimum atomic E-state index is -3.67. The van der Waals surface area contributed by atoms with Crippen molar-refractivity contribution >= 4 is 33.2 Å². The first-order valence-electron chi connectivity index (χ1n) is 10.2. The minimum absolute atomic E-state index is 0.0839. The second-order valence-corrected chi connectivity index (χ2v) is 9.25. The summed E-state index contributed by atoms with van der Waals surface area (Å²) < 4.78 is 40.3. The molecule has 32 heavy (non-hydrogen) atoms. The highest BCUT2D eigenvalue weighted by molar-refractivity contribution is 7.89. The van der Waals surface area contributed by atoms with E-state index in [1.807, 2.05) is 0 Å². The first kappa shape index (κ1) is 25.4. The summed E-state index contributed by atoms with van der Waals surface area (Å²) in [4.78, 5) is 26.1. The van der Waals surface area contributed by atoms with Gasteiger partial charge < -0.3 is 10.6 Å². The van der Waals surface area contributed by atoms with Gasteiger partial charge >= 0.3 is 0 Å². The number of anilines is 2. The highest BCUT2D eigenvalue weighted by atomic mass is 32.2. The molecule has 0 aliphatic heterocycles. The zero-order valence-electron chi connectivity index (χ0n) is 18.7. The number of hydrogen-bond acceptors (Lipinski definition) is 5. The molecule has 2 aromatic carbocycles. The van der Waals surface area contributed by atoms with Gasteiger partial charge in [-0.1, -0.05) is 26.0 Å². The number of aryl methyl sites for hydroxylation is 1. The van der Waals surface area contributed by atoms with Gasteiger partial charge in [0.05, 0.1) is 18.0 Å². The number of nitrogens with zero attached hydrogens (tertiary/aromatic N) is 2. The van der Waals surface area contributed by atoms with Crippen LogP contribution in [0.2, 0.25) is 0 Å². The molecular formula is C22H29FN4O4S. The lowest BCUT2D eigenvalue weighted by Crippen LogP contribution is -2.36. The van der Waals surface area contributed by atoms with E-state index < -0.39 is 27.7 Å². The maximum atomic E-state index is 13.2. The zero-order chi connectivity index (χ0) is 23.9. The van der Waals surface area contributed by atoms with Crippen LogP contribution in [0.5, 0.6) is 0 Å². The lowest BCUT2D eigenvalue weighted by Gasteiger charge is -2.20. The minimum Gasteiger partial charge on any atom is -0.325 e. The van der Waals surface area contributed by atoms with Crippen molar-refractivity contribution in [3.8, 4) is 0 Å². The summed E-state index contributed by atoms with van der Waals surface area (Å²) in [6.45, 7) is 5.74. The molecule has 2 N–H and O–H groups in total. The van der Waals surface area contributed by atoms with Gasteiger partial charge in [0.1, 0.15) is 5.82 Å². The van der Waals surface area contributed by atoms with Crippen molar-refractivity contribution in [1.82, 2.24) is 9.21 Å². The van der Waals surface area contributed by atoms with Crippen LogP contribution in [0.1, 0.15) is 19.4 Å². The van der Waals surface area contributed by atoms with Crippen molar-refractivity contribution in [2.75, 3.05) is 43.9 Å². The summed E-state index contributed by atoms with van der Waals surface area (Å²) in [7, 11) is -2.08. The number of rotatable bonds is 10. The topological polar surface area (TPSA) is 98.8 Å². The highest BCUT2D eigenvalue weighted by Gasteiger charge is 2.24. The number of carbonyl (C=O) groups is 2. The fourth-order valence-electron chi connectivity index (χ4n) is 3.17. The van der Waals surface area contributed by atoms with E-state index in [-0.39, 0.29) is 18.0 Å². The van der Waals surface area contributed by atoms with Gasteiger partial charge in [0.15, 0.2) is 0 Å². The van der Waals surface area contributed by atoms with E-state index in [1.165, 1.54) is 33.5 Å². The molecule has 0 aliphatic carbocycles. The van der Waals surface area contributed by atoms with Gasteiger partial charge in [0.2, 0.25) is 21.8 Å². The van der Waals surface area contributed by atoms with Crippen LogP contribution >= 0.6 is 0 Å². The number of halogens is 1. The van der Waals surface area contributed by atoms with Gasteiger partial charge in [-0.05, 0) is 49.9 Å². The van der Waals surface area contributed by atoms with Gasteiger partial charge in [-0.3, -0.25) is 14.5 Å². The van der Waals surface area contributed by atoms with Crippen LogP contribution in [0.4, 0.5) is 15.8 Å². The Morgan fingerprint density at radius 1 is 0.938 bits per heavy atom. The molecule has 2 rings (SSSR count). The van der Waals surface area contributed by atoms with Gasteiger partial charge in [-0.2, -0.15) is 4.31 Å². The number of carbonyl (C=O) groups excluding carboxylic acids is 2. The summed E-state index contributed by atoms with van der Waals surface area (Å²) in [5, 5.41) is 5.24. The molecule has 2 amide bonds. The Kier molecular flexibility index (Phi) is 8.88. The largest absolute Gasteiger partial charge is 0.325 e. The summed E-state index contributed by atoms with van der Waals surface area (Å²) in [6.07, 6.45) is 0. The van der Waals surface area contributed by atoms with Gasteiger partial charge in [-0.15, -0.1) is 0 Å². The molecule has 0 atom stereocenters. The molecular weight excluding hydrogens is 435 g/mol. The average Bonchev–Trinajstić information content (AvgIpc) is 2.69. The quantitative estimate of drug-likeness (QED) is 0.563. The van der Waals surface area contributed by atoms with Crippen molar-refractivity contribution in [1.29, 1.82) is 0 Å². The Morgan fingerprint density at radius 3 is 2.03 bits per heavy atom. The van der Waals surface area contributed by atoms with E-state index in [0.29, 0.717) is 30.0 Å². The van der Waals surface area contributed by atoms with Crippen LogP contribution in [0.3, 0.4) is 0 Å². The highest BCUT2D eigenvalue weighted by Crippen LogP contribution is 2.23. The normalized spacial score (nSPS) is 11.6. The molecule has 0 bridgehead atoms. The fourth-order valence-corrected chi connectivity index (χ4v) is 4.88. The van der Waals surface area contributed by atoms with Crippen molar-refractivity contribution in [2.45, 2.75) is 25.7 Å². The average molecular weight is 465 g/mol. The Hall–Kier alpha value is -2.82. The molecule has 0 spiro atoms. The Balaban J connectivity index is 1.99. The first-order valence-corrected chi connectivity index (χ1v) is 11.7. The van der Waals surface area contributed by atoms with Crippen molar-refractivity contribution in [2.24, 2.45) is 0 Å². The monoisotopic (exact) mass is 464 g/mol. The van der Waals surface area contributed by atoms with E-state index in [0.717, 1.165) is 0 Å². The third-order valence-electron chi connectivity index (χ3n) is 4.73. The molecule has 8 nitrogen and oxygen atoms in total. The Bertz CT molecular complexity index is 1070. The van der Waals surface area contributed by atoms with Crippen LogP contribution in [0.25, 0.3) is 0 Å². The SMILES string of the molecule is CCN(CC)S(=O)(=O)c1cc(NC(=O)CN(C)CC(=O)Nc2cccc(F)c2)ccc1C. The molecule has 0 aromatic heterocycles. The number of hydrogen-bond donors (Lipinski definition) is 2. The molecule has 0 saturated heterocycles. The summed E-state index contributed by atoms with van der Waals surface area (Å²) in [5.41, 5.74) is 1.26. The predicted molar refractivity (Wildman–Crippen MR) is 122 cm³/mol. The van der Waals surface area contributed by atoms with E-state index in [1.54, 1.807) is 46.0 Å². The Labute approximate surface area is 188 Å². The predicted octanol–water partition coefficient (Wildman–Crippen LogP) is 2.67. The van der Waals surface area contributed by atoms with Crippen LogP contribution < -0.4 is 10.6 Å². The molecule has 0 unspecified atom stereocenters. The zero-order valence-corrected chi connectivity index (χ0v) is 19.5. The van der Waals surface area contributed by atoms with Crippen molar-refractivity contribution in [3.05, 3.63) is 53.8 Å². The summed E-state index contributed by atoms with van der Waals surface area (Å²) >= 11 is 0. The molecule has 174 valence electrons. The lowest BCUT2D eigenvalue weighted by atomic mass is 10.2. The Morgan fingerprint density at radius 2 is 1.50 bits per heavy atom. The van der Waals surface area contributed by atoms with Gasteiger partial charge in [-0.25, -0.2) is 12.8 Å². The van der Waals surface area contributed by atoms with Crippen LogP contribution in [0.15, 0.2) is 47.4 Å². The molecule has 10 heteroatoms. The van der Waals surface area contributed by atoms with Crippen molar-refractivity contribution in [3.63, 3.8) is 0 Å². The molecule has 0 heterocycles. The standard InChI is InChI=1S/C22H29FN4O4S/c1-5-27(6-2)32(30,31)20-13-19(11-10-16(20)3)25-22(29)15-26(4)14-21(28)24-18-9-7-8-17(23)12-18/h7-13H,5-6,14-15H2,1-4H3,(H,24,28)(H,25,29). The number of amides is 2. The number of likely N-dealkylation sites (N-methyl/N-ethyl adjacent to an activating group) is 1. The summed E-state index contributed by atoms with van der Waals surface area (Å²) in [6, 6.07) is 10.2. The number of benzene rings is 2. The van der Waals surface area contributed by atoms with E-state index in [2.05, 4.69) is 10.6 Å². The van der Waals surface area contributed by atoms with Crippen LogP contribution in [-0.2, 0) is 19.6 Å². The van der Waals surface area contributed by atoms with Crippen molar-refractivity contribution < 1.29 is 22.4 Å². The third kappa shape index (κ3) is 6.84.